The van der Waals surface area contributed by atoms with E-state index < -0.39 is 0 Å². The summed E-state index contributed by atoms with van der Waals surface area (Å²) in [5, 5.41) is 3.53. The van der Waals surface area contributed by atoms with Gasteiger partial charge in [0, 0.05) is 11.9 Å². The second-order valence-electron chi connectivity index (χ2n) is 7.14. The van der Waals surface area contributed by atoms with Crippen LogP contribution >= 0.6 is 0 Å². The Hall–Kier alpha value is -2.30. The molecule has 2 aliphatic rings. The maximum Gasteiger partial charge on any atom is 0.223 e. The van der Waals surface area contributed by atoms with E-state index in [2.05, 4.69) is 36.3 Å². The van der Waals surface area contributed by atoms with Crippen LogP contribution in [0.1, 0.15) is 49.6 Å². The number of nitrogens with one attached hydrogen (secondary N) is 1. The van der Waals surface area contributed by atoms with Gasteiger partial charge in [-0.05, 0) is 54.9 Å². The van der Waals surface area contributed by atoms with Crippen molar-refractivity contribution in [3.63, 3.8) is 0 Å². The van der Waals surface area contributed by atoms with Crippen LogP contribution in [0.5, 0.6) is 11.5 Å². The van der Waals surface area contributed by atoms with Crippen molar-refractivity contribution in [2.75, 3.05) is 18.5 Å². The van der Waals surface area contributed by atoms with Gasteiger partial charge in [-0.3, -0.25) is 0 Å². The van der Waals surface area contributed by atoms with Gasteiger partial charge in [0.2, 0.25) is 5.95 Å². The van der Waals surface area contributed by atoms with E-state index in [-0.39, 0.29) is 6.04 Å². The highest BCUT2D eigenvalue weighted by atomic mass is 16.6. The third-order valence-corrected chi connectivity index (χ3v) is 4.94. The van der Waals surface area contributed by atoms with E-state index in [1.165, 1.54) is 29.7 Å². The number of anilines is 1. The Morgan fingerprint density at radius 3 is 2.68 bits per heavy atom. The fourth-order valence-electron chi connectivity index (χ4n) is 3.57. The SMILES string of the molecule is CC(C)[C@@H](Nc1ncc2c(n1)CCCC2)c1ccc2c(c1)OCCO2. The highest BCUT2D eigenvalue weighted by Crippen LogP contribution is 2.35. The lowest BCUT2D eigenvalue weighted by Gasteiger charge is -2.26. The standard InChI is InChI=1S/C20H25N3O2/c1-13(2)19(14-7-8-17-18(11-14)25-10-9-24-17)23-20-21-12-15-5-3-4-6-16(15)22-20/h7-8,11-13,19H,3-6,9-10H2,1-2H3,(H,21,22,23)/t19-/m1/s1. The second kappa shape index (κ2) is 6.90. The van der Waals surface area contributed by atoms with Crippen LogP contribution in [0, 0.1) is 5.92 Å². The maximum atomic E-state index is 5.73. The molecule has 1 aromatic heterocycles. The molecule has 132 valence electrons. The minimum atomic E-state index is 0.123. The number of aryl methyl sites for hydroxylation is 2. The minimum Gasteiger partial charge on any atom is -0.486 e. The lowest BCUT2D eigenvalue weighted by atomic mass is 9.95. The summed E-state index contributed by atoms with van der Waals surface area (Å²) in [6.45, 7) is 5.62. The Balaban J connectivity index is 1.59. The summed E-state index contributed by atoms with van der Waals surface area (Å²) in [6, 6.07) is 6.29. The maximum absolute atomic E-state index is 5.73. The lowest BCUT2D eigenvalue weighted by Crippen LogP contribution is -2.21. The molecule has 0 bridgehead atoms. The van der Waals surface area contributed by atoms with Gasteiger partial charge in [-0.15, -0.1) is 0 Å². The molecule has 0 saturated heterocycles. The molecule has 2 aromatic rings. The Kier molecular flexibility index (Phi) is 4.47. The minimum absolute atomic E-state index is 0.123. The quantitative estimate of drug-likeness (QED) is 0.914. The fourth-order valence-corrected chi connectivity index (χ4v) is 3.57. The van der Waals surface area contributed by atoms with Crippen LogP contribution in [-0.2, 0) is 12.8 Å². The average molecular weight is 339 g/mol. The normalized spacial score (nSPS) is 17.1. The first kappa shape index (κ1) is 16.2. The number of hydrogen-bond donors (Lipinski definition) is 1. The molecule has 4 rings (SSSR count). The summed E-state index contributed by atoms with van der Waals surface area (Å²) in [5.74, 6) is 2.75. The van der Waals surface area contributed by atoms with Gasteiger partial charge in [-0.1, -0.05) is 19.9 Å². The number of fused-ring (bicyclic) bond motifs is 2. The zero-order chi connectivity index (χ0) is 17.2. The molecule has 1 aromatic carbocycles. The lowest BCUT2D eigenvalue weighted by molar-refractivity contribution is 0.171. The highest BCUT2D eigenvalue weighted by molar-refractivity contribution is 5.46. The summed E-state index contributed by atoms with van der Waals surface area (Å²) in [6.07, 6.45) is 6.62. The predicted molar refractivity (Wildman–Crippen MR) is 97.3 cm³/mol. The molecule has 1 N–H and O–H groups in total. The zero-order valence-corrected chi connectivity index (χ0v) is 14.9. The van der Waals surface area contributed by atoms with E-state index in [1.807, 2.05) is 12.3 Å². The molecule has 0 fully saturated rings. The van der Waals surface area contributed by atoms with Gasteiger partial charge in [0.1, 0.15) is 13.2 Å². The molecule has 1 aliphatic carbocycles. The molecule has 0 spiro atoms. The first-order valence-corrected chi connectivity index (χ1v) is 9.21. The number of ether oxygens (including phenoxy) is 2. The predicted octanol–water partition coefficient (Wildman–Crippen LogP) is 3.94. The van der Waals surface area contributed by atoms with Gasteiger partial charge in [-0.2, -0.15) is 0 Å². The molecule has 1 aliphatic heterocycles. The second-order valence-corrected chi connectivity index (χ2v) is 7.14. The summed E-state index contributed by atoms with van der Waals surface area (Å²) in [5.41, 5.74) is 3.67. The molecule has 0 amide bonds. The summed E-state index contributed by atoms with van der Waals surface area (Å²) < 4.78 is 11.4. The van der Waals surface area contributed by atoms with Crippen molar-refractivity contribution in [1.29, 1.82) is 0 Å². The van der Waals surface area contributed by atoms with Gasteiger partial charge in [0.25, 0.3) is 0 Å². The van der Waals surface area contributed by atoms with E-state index in [1.54, 1.807) is 0 Å². The Morgan fingerprint density at radius 2 is 1.84 bits per heavy atom. The van der Waals surface area contributed by atoms with Gasteiger partial charge >= 0.3 is 0 Å². The average Bonchev–Trinajstić information content (AvgIpc) is 2.65. The van der Waals surface area contributed by atoms with Gasteiger partial charge in [0.15, 0.2) is 11.5 Å². The van der Waals surface area contributed by atoms with Crippen molar-refractivity contribution in [3.05, 3.63) is 41.2 Å². The third kappa shape index (κ3) is 3.41. The Bertz CT molecular complexity index is 761. The van der Waals surface area contributed by atoms with E-state index in [4.69, 9.17) is 14.5 Å². The van der Waals surface area contributed by atoms with Crippen molar-refractivity contribution in [1.82, 2.24) is 9.97 Å². The first-order chi connectivity index (χ1) is 12.2. The molecular formula is C20H25N3O2. The van der Waals surface area contributed by atoms with E-state index in [0.29, 0.717) is 25.1 Å². The van der Waals surface area contributed by atoms with E-state index in [9.17, 15) is 0 Å². The van der Waals surface area contributed by atoms with Crippen molar-refractivity contribution in [3.8, 4) is 11.5 Å². The smallest absolute Gasteiger partial charge is 0.223 e. The monoisotopic (exact) mass is 339 g/mol. The number of nitrogens with zero attached hydrogens (tertiary/aromatic N) is 2. The van der Waals surface area contributed by atoms with Crippen molar-refractivity contribution in [2.45, 2.75) is 45.6 Å². The van der Waals surface area contributed by atoms with Crippen LogP contribution in [0.4, 0.5) is 5.95 Å². The van der Waals surface area contributed by atoms with Crippen LogP contribution in [0.25, 0.3) is 0 Å². The highest BCUT2D eigenvalue weighted by Gasteiger charge is 2.21. The molecular weight excluding hydrogens is 314 g/mol. The van der Waals surface area contributed by atoms with E-state index >= 15 is 0 Å². The molecule has 5 heteroatoms. The van der Waals surface area contributed by atoms with E-state index in [0.717, 1.165) is 24.3 Å². The Labute approximate surface area is 148 Å². The third-order valence-electron chi connectivity index (χ3n) is 4.94. The molecule has 0 radical (unpaired) electrons. The Morgan fingerprint density at radius 1 is 1.04 bits per heavy atom. The first-order valence-electron chi connectivity index (χ1n) is 9.21. The van der Waals surface area contributed by atoms with Gasteiger partial charge < -0.3 is 14.8 Å². The number of benzene rings is 1. The van der Waals surface area contributed by atoms with Crippen LogP contribution in [0.2, 0.25) is 0 Å². The van der Waals surface area contributed by atoms with Crippen molar-refractivity contribution >= 4 is 5.95 Å². The number of rotatable bonds is 4. The van der Waals surface area contributed by atoms with Gasteiger partial charge in [0.05, 0.1) is 6.04 Å². The van der Waals surface area contributed by atoms with Crippen LogP contribution < -0.4 is 14.8 Å². The van der Waals surface area contributed by atoms with Crippen molar-refractivity contribution < 1.29 is 9.47 Å². The van der Waals surface area contributed by atoms with Gasteiger partial charge in [-0.25, -0.2) is 9.97 Å². The molecule has 25 heavy (non-hydrogen) atoms. The molecule has 0 unspecified atom stereocenters. The summed E-state index contributed by atoms with van der Waals surface area (Å²) >= 11 is 0. The number of aromatic nitrogens is 2. The fraction of sp³-hybridized carbons (Fsp3) is 0.500. The summed E-state index contributed by atoms with van der Waals surface area (Å²) in [4.78, 5) is 9.32. The summed E-state index contributed by atoms with van der Waals surface area (Å²) in [7, 11) is 0. The zero-order valence-electron chi connectivity index (χ0n) is 14.9. The van der Waals surface area contributed by atoms with Crippen LogP contribution in [0.3, 0.4) is 0 Å². The molecule has 5 nitrogen and oxygen atoms in total. The largest absolute Gasteiger partial charge is 0.486 e. The van der Waals surface area contributed by atoms with Crippen molar-refractivity contribution in [2.24, 2.45) is 5.92 Å². The molecule has 1 atom stereocenters. The molecule has 2 heterocycles. The topological polar surface area (TPSA) is 56.3 Å². The van der Waals surface area contributed by atoms with Crippen LogP contribution in [0.15, 0.2) is 24.4 Å². The number of hydrogen-bond acceptors (Lipinski definition) is 5. The molecule has 0 saturated carbocycles. The van der Waals surface area contributed by atoms with Crippen LogP contribution in [-0.4, -0.2) is 23.2 Å².